The zero-order chi connectivity index (χ0) is 20.1. The number of ether oxygens (including phenoxy) is 3. The number of rotatable bonds is 6. The van der Waals surface area contributed by atoms with Crippen LogP contribution in [0.1, 0.15) is 24.0 Å². The summed E-state index contributed by atoms with van der Waals surface area (Å²) in [4.78, 5) is 4.68. The molecule has 1 saturated heterocycles. The van der Waals surface area contributed by atoms with Gasteiger partial charge in [-0.1, -0.05) is 36.4 Å². The monoisotopic (exact) mass is 394 g/mol. The van der Waals surface area contributed by atoms with Crippen molar-refractivity contribution in [1.29, 1.82) is 0 Å². The number of hydrogen-bond acceptors (Lipinski definition) is 5. The molecule has 0 N–H and O–H groups in total. The van der Waals surface area contributed by atoms with E-state index in [1.54, 1.807) is 12.5 Å². The van der Waals surface area contributed by atoms with Gasteiger partial charge in [-0.05, 0) is 43.4 Å². The van der Waals surface area contributed by atoms with Gasteiger partial charge in [0.1, 0.15) is 18.6 Å². The van der Waals surface area contributed by atoms with E-state index in [0.717, 1.165) is 63.0 Å². The van der Waals surface area contributed by atoms with Crippen LogP contribution < -0.4 is 4.74 Å². The highest BCUT2D eigenvalue weighted by Gasteiger charge is 2.22. The van der Waals surface area contributed by atoms with Crippen LogP contribution in [0.2, 0.25) is 0 Å². The van der Waals surface area contributed by atoms with Crippen molar-refractivity contribution in [2.75, 3.05) is 39.3 Å². The summed E-state index contributed by atoms with van der Waals surface area (Å²) in [5, 5.41) is 0. The molecule has 5 heteroatoms. The van der Waals surface area contributed by atoms with E-state index in [9.17, 15) is 0 Å². The van der Waals surface area contributed by atoms with Crippen molar-refractivity contribution in [3.8, 4) is 5.75 Å². The lowest BCUT2D eigenvalue weighted by Crippen LogP contribution is -2.47. The standard InChI is InChI=1S/C24H30N2O3/c1-19-7-6-8-20(2)24(19)27-16-15-25-11-13-26(14-12-25)23-18-28-22(17-29-23)21-9-4-3-5-10-21/h3-4,6-9,17-18H,5,10-16H2,1-2H3. The minimum atomic E-state index is 0.712. The van der Waals surface area contributed by atoms with Crippen LogP contribution in [0.5, 0.6) is 5.75 Å². The Morgan fingerprint density at radius 1 is 1.00 bits per heavy atom. The predicted molar refractivity (Wildman–Crippen MR) is 114 cm³/mol. The Balaban J connectivity index is 1.20. The maximum absolute atomic E-state index is 6.05. The molecule has 0 bridgehead atoms. The second-order valence-corrected chi connectivity index (χ2v) is 7.73. The predicted octanol–water partition coefficient (Wildman–Crippen LogP) is 4.26. The van der Waals surface area contributed by atoms with Gasteiger partial charge in [-0.2, -0.15) is 0 Å². The molecule has 1 aliphatic carbocycles. The first-order chi connectivity index (χ1) is 14.2. The van der Waals surface area contributed by atoms with Crippen LogP contribution in [0.25, 0.3) is 0 Å². The summed E-state index contributed by atoms with van der Waals surface area (Å²) in [6.07, 6.45) is 11.9. The van der Waals surface area contributed by atoms with E-state index in [1.807, 2.05) is 0 Å². The van der Waals surface area contributed by atoms with E-state index in [1.165, 1.54) is 16.7 Å². The Hall–Kier alpha value is -2.66. The summed E-state index contributed by atoms with van der Waals surface area (Å²) in [7, 11) is 0. The minimum Gasteiger partial charge on any atom is -0.492 e. The van der Waals surface area contributed by atoms with Gasteiger partial charge in [0.2, 0.25) is 5.88 Å². The van der Waals surface area contributed by atoms with Crippen molar-refractivity contribution in [2.24, 2.45) is 0 Å². The van der Waals surface area contributed by atoms with Crippen molar-refractivity contribution in [2.45, 2.75) is 26.7 Å². The molecule has 2 heterocycles. The number of benzene rings is 1. The molecular weight excluding hydrogens is 364 g/mol. The lowest BCUT2D eigenvalue weighted by atomic mass is 10.0. The SMILES string of the molecule is Cc1cccc(C)c1OCCN1CCN(C2=COC(C3=CC=CCC3)=CO2)CC1. The average Bonchev–Trinajstić information content (AvgIpc) is 2.77. The van der Waals surface area contributed by atoms with Gasteiger partial charge in [-0.25, -0.2) is 0 Å². The summed E-state index contributed by atoms with van der Waals surface area (Å²) >= 11 is 0. The first-order valence-electron chi connectivity index (χ1n) is 10.5. The van der Waals surface area contributed by atoms with E-state index in [2.05, 4.69) is 60.1 Å². The third-order valence-electron chi connectivity index (χ3n) is 5.65. The van der Waals surface area contributed by atoms with Gasteiger partial charge >= 0.3 is 0 Å². The molecule has 3 aliphatic rings. The molecule has 1 aromatic carbocycles. The lowest BCUT2D eigenvalue weighted by molar-refractivity contribution is 0.0784. The highest BCUT2D eigenvalue weighted by atomic mass is 16.6. The Bertz CT molecular complexity index is 825. The first-order valence-corrected chi connectivity index (χ1v) is 10.5. The molecular formula is C24H30N2O3. The minimum absolute atomic E-state index is 0.712. The fraction of sp³-hybridized carbons (Fsp3) is 0.417. The van der Waals surface area contributed by atoms with Crippen molar-refractivity contribution in [1.82, 2.24) is 9.80 Å². The molecule has 29 heavy (non-hydrogen) atoms. The Kier molecular flexibility index (Phi) is 6.25. The number of allylic oxidation sites excluding steroid dienone is 4. The van der Waals surface area contributed by atoms with Gasteiger partial charge in [-0.15, -0.1) is 0 Å². The Morgan fingerprint density at radius 2 is 1.79 bits per heavy atom. The second kappa shape index (κ2) is 9.23. The fourth-order valence-corrected chi connectivity index (χ4v) is 3.89. The van der Waals surface area contributed by atoms with Gasteiger partial charge in [0.25, 0.3) is 0 Å². The lowest BCUT2D eigenvalue weighted by Gasteiger charge is -2.36. The zero-order valence-corrected chi connectivity index (χ0v) is 17.4. The van der Waals surface area contributed by atoms with Crippen LogP contribution in [0, 0.1) is 13.8 Å². The number of aryl methyl sites for hydroxylation is 2. The molecule has 0 amide bonds. The number of para-hydroxylation sites is 1. The smallest absolute Gasteiger partial charge is 0.231 e. The van der Waals surface area contributed by atoms with Crippen molar-refractivity contribution < 1.29 is 14.2 Å². The molecule has 5 nitrogen and oxygen atoms in total. The second-order valence-electron chi connectivity index (χ2n) is 7.73. The maximum atomic E-state index is 6.05. The highest BCUT2D eigenvalue weighted by molar-refractivity contribution is 5.39. The van der Waals surface area contributed by atoms with Crippen LogP contribution in [0.15, 0.2) is 66.2 Å². The van der Waals surface area contributed by atoms with E-state index >= 15 is 0 Å². The number of hydrogen-bond donors (Lipinski definition) is 0. The average molecular weight is 395 g/mol. The summed E-state index contributed by atoms with van der Waals surface area (Å²) in [6, 6.07) is 6.27. The molecule has 4 rings (SSSR count). The molecule has 2 aliphatic heterocycles. The van der Waals surface area contributed by atoms with Crippen molar-refractivity contribution in [3.63, 3.8) is 0 Å². The summed E-state index contributed by atoms with van der Waals surface area (Å²) in [5.74, 6) is 2.64. The van der Waals surface area contributed by atoms with E-state index in [4.69, 9.17) is 14.2 Å². The van der Waals surface area contributed by atoms with E-state index < -0.39 is 0 Å². The summed E-state index contributed by atoms with van der Waals surface area (Å²) < 4.78 is 17.8. The van der Waals surface area contributed by atoms with Gasteiger partial charge in [0.05, 0.1) is 0 Å². The van der Waals surface area contributed by atoms with Gasteiger partial charge in [0.15, 0.2) is 12.0 Å². The fourth-order valence-electron chi connectivity index (χ4n) is 3.89. The largest absolute Gasteiger partial charge is 0.492 e. The van der Waals surface area contributed by atoms with Crippen LogP contribution in [-0.2, 0) is 9.47 Å². The Labute approximate surface area is 173 Å². The Morgan fingerprint density at radius 3 is 2.45 bits per heavy atom. The van der Waals surface area contributed by atoms with E-state index in [0.29, 0.717) is 6.61 Å². The van der Waals surface area contributed by atoms with Crippen LogP contribution >= 0.6 is 0 Å². The quantitative estimate of drug-likeness (QED) is 0.720. The molecule has 0 aromatic heterocycles. The van der Waals surface area contributed by atoms with Crippen LogP contribution in [0.4, 0.5) is 0 Å². The molecule has 1 aromatic rings. The molecule has 0 radical (unpaired) electrons. The highest BCUT2D eigenvalue weighted by Crippen LogP contribution is 2.26. The molecule has 1 fully saturated rings. The van der Waals surface area contributed by atoms with Crippen LogP contribution in [-0.4, -0.2) is 49.1 Å². The number of nitrogens with zero attached hydrogens (tertiary/aromatic N) is 2. The van der Waals surface area contributed by atoms with Gasteiger partial charge in [-0.3, -0.25) is 4.90 Å². The summed E-state index contributed by atoms with van der Waals surface area (Å²) in [5.41, 5.74) is 3.59. The zero-order valence-electron chi connectivity index (χ0n) is 17.4. The topological polar surface area (TPSA) is 34.2 Å². The van der Waals surface area contributed by atoms with Gasteiger partial charge < -0.3 is 19.1 Å². The van der Waals surface area contributed by atoms with Crippen LogP contribution in [0.3, 0.4) is 0 Å². The molecule has 154 valence electrons. The normalized spacial score (nSPS) is 19.7. The summed E-state index contributed by atoms with van der Waals surface area (Å²) in [6.45, 7) is 9.67. The third kappa shape index (κ3) is 4.85. The molecule has 0 spiro atoms. The number of piperazine rings is 1. The molecule has 0 unspecified atom stereocenters. The van der Waals surface area contributed by atoms with E-state index in [-0.39, 0.29) is 0 Å². The third-order valence-corrected chi connectivity index (χ3v) is 5.65. The van der Waals surface area contributed by atoms with Crippen molar-refractivity contribution in [3.05, 3.63) is 77.3 Å². The molecule has 0 saturated carbocycles. The maximum Gasteiger partial charge on any atom is 0.231 e. The molecule has 0 atom stereocenters. The van der Waals surface area contributed by atoms with Gasteiger partial charge in [0, 0.05) is 32.7 Å². The first kappa shape index (κ1) is 19.6. The van der Waals surface area contributed by atoms with Crippen molar-refractivity contribution >= 4 is 0 Å².